The lowest BCUT2D eigenvalue weighted by Gasteiger charge is -2.40. The third-order valence-electron chi connectivity index (χ3n) is 5.75. The minimum absolute atomic E-state index is 0.0182. The van der Waals surface area contributed by atoms with E-state index in [1.54, 1.807) is 0 Å². The summed E-state index contributed by atoms with van der Waals surface area (Å²) in [6.45, 7) is 18.5. The summed E-state index contributed by atoms with van der Waals surface area (Å²) in [5.74, 6) is 1.99. The minimum Gasteiger partial charge on any atom is -0.483 e. The van der Waals surface area contributed by atoms with E-state index in [1.807, 2.05) is 0 Å². The molecule has 1 saturated carbocycles. The van der Waals surface area contributed by atoms with Crippen LogP contribution in [0.5, 0.6) is 0 Å². The standard InChI is InChI=1S/C20H38OS/c1-14(2)13-20(8,15(3)4)18(22)21-17-11-9-16(10-12-17)19(5,6)7/h14-17H,9-13H2,1-8H3. The maximum atomic E-state index is 6.31. The number of thiocarbonyl (C=S) groups is 1. The predicted molar refractivity (Wildman–Crippen MR) is 101 cm³/mol. The second kappa shape index (κ2) is 7.64. The molecule has 1 fully saturated rings. The van der Waals surface area contributed by atoms with Crippen molar-refractivity contribution in [2.45, 2.75) is 93.6 Å². The van der Waals surface area contributed by atoms with Gasteiger partial charge in [-0.1, -0.05) is 55.4 Å². The second-order valence-electron chi connectivity index (χ2n) is 9.42. The van der Waals surface area contributed by atoms with E-state index < -0.39 is 0 Å². The molecule has 1 atom stereocenters. The first-order valence-electron chi connectivity index (χ1n) is 9.18. The Kier molecular flexibility index (Phi) is 6.92. The van der Waals surface area contributed by atoms with Crippen molar-refractivity contribution in [1.29, 1.82) is 0 Å². The Morgan fingerprint density at radius 3 is 1.86 bits per heavy atom. The molecule has 1 nitrogen and oxygen atoms in total. The molecule has 0 amide bonds. The molecule has 22 heavy (non-hydrogen) atoms. The summed E-state index contributed by atoms with van der Waals surface area (Å²) in [5.41, 5.74) is 0.444. The van der Waals surface area contributed by atoms with Gasteiger partial charge < -0.3 is 4.74 Å². The van der Waals surface area contributed by atoms with Gasteiger partial charge in [-0.2, -0.15) is 0 Å². The van der Waals surface area contributed by atoms with E-state index in [-0.39, 0.29) is 5.41 Å². The molecule has 0 aliphatic heterocycles. The minimum atomic E-state index is 0.0182. The average molecular weight is 327 g/mol. The molecule has 0 saturated heterocycles. The highest BCUT2D eigenvalue weighted by Crippen LogP contribution is 2.41. The van der Waals surface area contributed by atoms with Crippen LogP contribution in [0.15, 0.2) is 0 Å². The van der Waals surface area contributed by atoms with E-state index in [0.717, 1.165) is 30.2 Å². The van der Waals surface area contributed by atoms with Gasteiger partial charge in [0, 0.05) is 5.41 Å². The van der Waals surface area contributed by atoms with Crippen LogP contribution in [0.4, 0.5) is 0 Å². The molecular weight excluding hydrogens is 288 g/mol. The van der Waals surface area contributed by atoms with Crippen molar-refractivity contribution in [3.8, 4) is 0 Å². The van der Waals surface area contributed by atoms with E-state index in [0.29, 0.717) is 23.4 Å². The Labute approximate surface area is 144 Å². The lowest BCUT2D eigenvalue weighted by Crippen LogP contribution is -2.38. The smallest absolute Gasteiger partial charge is 0.166 e. The van der Waals surface area contributed by atoms with E-state index in [2.05, 4.69) is 55.4 Å². The molecule has 1 rings (SSSR count). The normalized spacial score (nSPS) is 26.1. The highest BCUT2D eigenvalue weighted by molar-refractivity contribution is 7.80. The fraction of sp³-hybridized carbons (Fsp3) is 0.950. The van der Waals surface area contributed by atoms with Crippen LogP contribution in [-0.4, -0.2) is 11.2 Å². The molecule has 0 aromatic rings. The van der Waals surface area contributed by atoms with Crippen molar-refractivity contribution >= 4 is 17.3 Å². The van der Waals surface area contributed by atoms with Gasteiger partial charge in [0.05, 0.1) is 6.10 Å². The van der Waals surface area contributed by atoms with E-state index in [4.69, 9.17) is 17.0 Å². The molecule has 130 valence electrons. The van der Waals surface area contributed by atoms with Crippen molar-refractivity contribution in [2.75, 3.05) is 0 Å². The molecule has 0 N–H and O–H groups in total. The molecule has 1 aliphatic carbocycles. The fourth-order valence-electron chi connectivity index (χ4n) is 3.74. The van der Waals surface area contributed by atoms with Gasteiger partial charge in [-0.05, 0) is 67.5 Å². The van der Waals surface area contributed by atoms with Gasteiger partial charge >= 0.3 is 0 Å². The lowest BCUT2D eigenvalue weighted by atomic mass is 9.71. The van der Waals surface area contributed by atoms with Crippen molar-refractivity contribution in [3.63, 3.8) is 0 Å². The highest BCUT2D eigenvalue weighted by Gasteiger charge is 2.38. The van der Waals surface area contributed by atoms with Crippen LogP contribution in [0.1, 0.15) is 87.5 Å². The van der Waals surface area contributed by atoms with Gasteiger partial charge in [-0.25, -0.2) is 0 Å². The SMILES string of the molecule is CC(C)CC(C)(C(=S)OC1CCC(C(C)(C)C)CC1)C(C)C. The van der Waals surface area contributed by atoms with Crippen LogP contribution in [-0.2, 0) is 4.74 Å². The second-order valence-corrected chi connectivity index (χ2v) is 9.79. The molecule has 0 aromatic heterocycles. The maximum Gasteiger partial charge on any atom is 0.166 e. The summed E-state index contributed by atoms with van der Waals surface area (Å²) in [7, 11) is 0. The number of hydrogen-bond donors (Lipinski definition) is 0. The molecule has 0 spiro atoms. The maximum absolute atomic E-state index is 6.31. The van der Waals surface area contributed by atoms with Gasteiger partial charge in [-0.3, -0.25) is 0 Å². The Bertz CT molecular complexity index is 358. The zero-order valence-electron chi connectivity index (χ0n) is 16.2. The predicted octanol–water partition coefficient (Wildman–Crippen LogP) is 6.64. The summed E-state index contributed by atoms with van der Waals surface area (Å²) in [6, 6.07) is 0. The number of ether oxygens (including phenoxy) is 1. The zero-order valence-corrected chi connectivity index (χ0v) is 17.0. The van der Waals surface area contributed by atoms with Crippen LogP contribution >= 0.6 is 12.2 Å². The fourth-order valence-corrected chi connectivity index (χ4v) is 4.19. The first kappa shape index (κ1) is 19.9. The van der Waals surface area contributed by atoms with E-state index in [9.17, 15) is 0 Å². The first-order chi connectivity index (χ1) is 9.96. The molecule has 0 aromatic carbocycles. The highest BCUT2D eigenvalue weighted by atomic mass is 32.1. The van der Waals surface area contributed by atoms with Gasteiger partial charge in [0.25, 0.3) is 0 Å². The number of rotatable bonds is 5. The van der Waals surface area contributed by atoms with Gasteiger partial charge in [0.15, 0.2) is 5.05 Å². The van der Waals surface area contributed by atoms with Crippen molar-refractivity contribution in [3.05, 3.63) is 0 Å². The Balaban J connectivity index is 2.61. The molecule has 1 aliphatic rings. The van der Waals surface area contributed by atoms with Gasteiger partial charge in [0.2, 0.25) is 0 Å². The monoisotopic (exact) mass is 326 g/mol. The van der Waals surface area contributed by atoms with Crippen LogP contribution in [0.3, 0.4) is 0 Å². The zero-order chi connectivity index (χ0) is 17.1. The van der Waals surface area contributed by atoms with Crippen molar-refractivity contribution in [2.24, 2.45) is 28.6 Å². The van der Waals surface area contributed by atoms with Crippen molar-refractivity contribution < 1.29 is 4.74 Å². The van der Waals surface area contributed by atoms with E-state index in [1.165, 1.54) is 12.8 Å². The van der Waals surface area contributed by atoms with Gasteiger partial charge in [0.1, 0.15) is 0 Å². The summed E-state index contributed by atoms with van der Waals surface area (Å²) in [4.78, 5) is 0. The third kappa shape index (κ3) is 5.22. The van der Waals surface area contributed by atoms with Crippen LogP contribution in [0.25, 0.3) is 0 Å². The van der Waals surface area contributed by atoms with Crippen LogP contribution < -0.4 is 0 Å². The Hall–Kier alpha value is -0.110. The third-order valence-corrected chi connectivity index (χ3v) is 6.31. The quantitative estimate of drug-likeness (QED) is 0.523. The Morgan fingerprint density at radius 1 is 1.00 bits per heavy atom. The largest absolute Gasteiger partial charge is 0.483 e. The van der Waals surface area contributed by atoms with Crippen LogP contribution in [0, 0.1) is 28.6 Å². The molecule has 0 heterocycles. The summed E-state index contributed by atoms with van der Waals surface area (Å²) in [5, 5.41) is 0.857. The molecule has 1 unspecified atom stereocenters. The molecular formula is C20H38OS. The summed E-state index contributed by atoms with van der Waals surface area (Å²) >= 11 is 5.75. The van der Waals surface area contributed by atoms with Gasteiger partial charge in [-0.15, -0.1) is 0 Å². The summed E-state index contributed by atoms with van der Waals surface area (Å²) in [6.07, 6.45) is 6.34. The molecule has 0 bridgehead atoms. The first-order valence-corrected chi connectivity index (χ1v) is 9.58. The molecule has 0 radical (unpaired) electrons. The topological polar surface area (TPSA) is 9.23 Å². The molecule has 2 heteroatoms. The lowest BCUT2D eigenvalue weighted by molar-refractivity contribution is 0.0662. The van der Waals surface area contributed by atoms with E-state index >= 15 is 0 Å². The Morgan fingerprint density at radius 2 is 1.50 bits per heavy atom. The number of hydrogen-bond acceptors (Lipinski definition) is 2. The van der Waals surface area contributed by atoms with Crippen LogP contribution in [0.2, 0.25) is 0 Å². The average Bonchev–Trinajstić information content (AvgIpc) is 2.37. The summed E-state index contributed by atoms with van der Waals surface area (Å²) < 4.78 is 6.31. The van der Waals surface area contributed by atoms with Crippen molar-refractivity contribution in [1.82, 2.24) is 0 Å².